The molecule has 2 atom stereocenters. The number of hydrogen-bond acceptors (Lipinski definition) is 3. The van der Waals surface area contributed by atoms with E-state index in [1.165, 1.54) is 0 Å². The molecule has 0 radical (unpaired) electrons. The minimum atomic E-state index is -0.517. The molecule has 1 aromatic rings. The van der Waals surface area contributed by atoms with Crippen LogP contribution in [0.5, 0.6) is 5.75 Å². The maximum atomic E-state index is 11.8. The lowest BCUT2D eigenvalue weighted by Gasteiger charge is -2.16. The van der Waals surface area contributed by atoms with Crippen LogP contribution in [0.25, 0.3) is 0 Å². The highest BCUT2D eigenvalue weighted by Crippen LogP contribution is 2.15. The van der Waals surface area contributed by atoms with Crippen molar-refractivity contribution < 1.29 is 14.6 Å². The predicted molar refractivity (Wildman–Crippen MR) is 79.8 cm³/mol. The van der Waals surface area contributed by atoms with Crippen LogP contribution in [0.4, 0.5) is 0 Å². The van der Waals surface area contributed by atoms with Gasteiger partial charge >= 0.3 is 0 Å². The molecule has 0 aliphatic heterocycles. The molecule has 0 fully saturated rings. The first-order chi connectivity index (χ1) is 9.38. The Morgan fingerprint density at radius 2 is 1.80 bits per heavy atom. The normalized spacial score (nSPS) is 13.9. The van der Waals surface area contributed by atoms with E-state index in [0.29, 0.717) is 24.6 Å². The van der Waals surface area contributed by atoms with Gasteiger partial charge in [0, 0.05) is 6.54 Å². The molecule has 20 heavy (non-hydrogen) atoms. The van der Waals surface area contributed by atoms with Gasteiger partial charge in [-0.25, -0.2) is 0 Å². The highest BCUT2D eigenvalue weighted by molar-refractivity contribution is 5.80. The SMILES string of the molecule is CC(C)CNC(=O)C(C)Oc1ccc(CC(C)O)cc1. The van der Waals surface area contributed by atoms with Crippen LogP contribution in [0.3, 0.4) is 0 Å². The first-order valence-corrected chi connectivity index (χ1v) is 7.10. The molecule has 0 bridgehead atoms. The highest BCUT2D eigenvalue weighted by atomic mass is 16.5. The lowest BCUT2D eigenvalue weighted by molar-refractivity contribution is -0.127. The molecule has 1 rings (SSSR count). The quantitative estimate of drug-likeness (QED) is 0.804. The van der Waals surface area contributed by atoms with E-state index in [-0.39, 0.29) is 12.0 Å². The molecule has 0 spiro atoms. The number of benzene rings is 1. The monoisotopic (exact) mass is 279 g/mol. The van der Waals surface area contributed by atoms with E-state index >= 15 is 0 Å². The predicted octanol–water partition coefficient (Wildman–Crippen LogP) is 2.15. The van der Waals surface area contributed by atoms with Gasteiger partial charge in [0.2, 0.25) is 0 Å². The molecule has 1 amide bonds. The Morgan fingerprint density at radius 1 is 1.20 bits per heavy atom. The Morgan fingerprint density at radius 3 is 2.30 bits per heavy atom. The van der Waals surface area contributed by atoms with Gasteiger partial charge in [0.25, 0.3) is 5.91 Å². The van der Waals surface area contributed by atoms with E-state index in [2.05, 4.69) is 5.32 Å². The first kappa shape index (κ1) is 16.5. The second kappa shape index (κ2) is 7.90. The molecule has 1 aromatic carbocycles. The molecule has 0 saturated carbocycles. The van der Waals surface area contributed by atoms with Crippen LogP contribution in [0.15, 0.2) is 24.3 Å². The summed E-state index contributed by atoms with van der Waals surface area (Å²) in [6.45, 7) is 8.24. The van der Waals surface area contributed by atoms with Crippen molar-refractivity contribution in [2.75, 3.05) is 6.54 Å². The molecule has 4 heteroatoms. The maximum absolute atomic E-state index is 11.8. The van der Waals surface area contributed by atoms with Gasteiger partial charge in [0.05, 0.1) is 6.10 Å². The molecule has 2 unspecified atom stereocenters. The minimum Gasteiger partial charge on any atom is -0.481 e. The van der Waals surface area contributed by atoms with Crippen molar-refractivity contribution in [1.29, 1.82) is 0 Å². The summed E-state index contributed by atoms with van der Waals surface area (Å²) in [5, 5.41) is 12.2. The third-order valence-corrected chi connectivity index (χ3v) is 2.82. The zero-order chi connectivity index (χ0) is 15.1. The van der Waals surface area contributed by atoms with Gasteiger partial charge in [-0.05, 0) is 43.9 Å². The van der Waals surface area contributed by atoms with E-state index < -0.39 is 6.10 Å². The van der Waals surface area contributed by atoms with Gasteiger partial charge in [-0.1, -0.05) is 26.0 Å². The zero-order valence-corrected chi connectivity index (χ0v) is 12.7. The number of nitrogens with one attached hydrogen (secondary N) is 1. The van der Waals surface area contributed by atoms with Crippen LogP contribution in [-0.2, 0) is 11.2 Å². The number of ether oxygens (including phenoxy) is 1. The van der Waals surface area contributed by atoms with Crippen molar-refractivity contribution in [2.45, 2.75) is 46.3 Å². The molecule has 0 heterocycles. The molecular formula is C16H25NO3. The summed E-state index contributed by atoms with van der Waals surface area (Å²) >= 11 is 0. The lowest BCUT2D eigenvalue weighted by Crippen LogP contribution is -2.38. The van der Waals surface area contributed by atoms with Crippen LogP contribution in [-0.4, -0.2) is 29.8 Å². The Kier molecular flexibility index (Phi) is 6.52. The Bertz CT molecular complexity index is 412. The molecule has 4 nitrogen and oxygen atoms in total. The van der Waals surface area contributed by atoms with Gasteiger partial charge in [-0.2, -0.15) is 0 Å². The number of aliphatic hydroxyl groups is 1. The molecule has 2 N–H and O–H groups in total. The Balaban J connectivity index is 2.49. The minimum absolute atomic E-state index is 0.105. The smallest absolute Gasteiger partial charge is 0.260 e. The van der Waals surface area contributed by atoms with Crippen LogP contribution in [0.1, 0.15) is 33.3 Å². The van der Waals surface area contributed by atoms with E-state index in [9.17, 15) is 9.90 Å². The van der Waals surface area contributed by atoms with Gasteiger partial charge in [-0.15, -0.1) is 0 Å². The van der Waals surface area contributed by atoms with E-state index in [1.807, 2.05) is 38.1 Å². The number of rotatable bonds is 7. The largest absolute Gasteiger partial charge is 0.481 e. The van der Waals surface area contributed by atoms with E-state index in [4.69, 9.17) is 4.74 Å². The van der Waals surface area contributed by atoms with Gasteiger partial charge in [0.1, 0.15) is 5.75 Å². The summed E-state index contributed by atoms with van der Waals surface area (Å²) in [5.41, 5.74) is 1.05. The van der Waals surface area contributed by atoms with Crippen LogP contribution < -0.4 is 10.1 Å². The molecule has 0 aromatic heterocycles. The fourth-order valence-corrected chi connectivity index (χ4v) is 1.75. The summed E-state index contributed by atoms with van der Waals surface area (Å²) in [4.78, 5) is 11.8. The van der Waals surface area contributed by atoms with Crippen molar-refractivity contribution in [3.63, 3.8) is 0 Å². The van der Waals surface area contributed by atoms with Crippen LogP contribution in [0.2, 0.25) is 0 Å². The van der Waals surface area contributed by atoms with Crippen molar-refractivity contribution in [3.8, 4) is 5.75 Å². The second-order valence-corrected chi connectivity index (χ2v) is 5.60. The lowest BCUT2D eigenvalue weighted by atomic mass is 10.1. The van der Waals surface area contributed by atoms with Crippen molar-refractivity contribution in [3.05, 3.63) is 29.8 Å². The maximum Gasteiger partial charge on any atom is 0.260 e. The summed E-state index contributed by atoms with van der Waals surface area (Å²) in [6, 6.07) is 7.45. The third kappa shape index (κ3) is 6.06. The zero-order valence-electron chi connectivity index (χ0n) is 12.7. The Labute approximate surface area is 121 Å². The Hall–Kier alpha value is -1.55. The number of aliphatic hydroxyl groups excluding tert-OH is 1. The van der Waals surface area contributed by atoms with Crippen LogP contribution >= 0.6 is 0 Å². The summed E-state index contributed by atoms with van der Waals surface area (Å²) in [7, 11) is 0. The first-order valence-electron chi connectivity index (χ1n) is 7.10. The van der Waals surface area contributed by atoms with Gasteiger partial charge < -0.3 is 15.2 Å². The number of hydrogen-bond donors (Lipinski definition) is 2. The van der Waals surface area contributed by atoms with Crippen molar-refractivity contribution >= 4 is 5.91 Å². The average molecular weight is 279 g/mol. The molecule has 0 aliphatic carbocycles. The van der Waals surface area contributed by atoms with Gasteiger partial charge in [0.15, 0.2) is 6.10 Å². The molecular weight excluding hydrogens is 254 g/mol. The molecule has 0 saturated heterocycles. The van der Waals surface area contributed by atoms with Crippen molar-refractivity contribution in [1.82, 2.24) is 5.32 Å². The summed E-state index contributed by atoms with van der Waals surface area (Å²) < 4.78 is 5.59. The fourth-order valence-electron chi connectivity index (χ4n) is 1.75. The standard InChI is InChI=1S/C16H25NO3/c1-11(2)10-17-16(19)13(4)20-15-7-5-14(6-8-15)9-12(3)18/h5-8,11-13,18H,9-10H2,1-4H3,(H,17,19). The average Bonchev–Trinajstić information content (AvgIpc) is 2.37. The number of carbonyl (C=O) groups excluding carboxylic acids is 1. The highest BCUT2D eigenvalue weighted by Gasteiger charge is 2.14. The van der Waals surface area contributed by atoms with Crippen molar-refractivity contribution in [2.24, 2.45) is 5.92 Å². The molecule has 0 aliphatic rings. The molecule has 112 valence electrons. The summed E-state index contributed by atoms with van der Waals surface area (Å²) in [5.74, 6) is 0.976. The van der Waals surface area contributed by atoms with Crippen LogP contribution in [0, 0.1) is 5.92 Å². The van der Waals surface area contributed by atoms with E-state index in [1.54, 1.807) is 13.8 Å². The van der Waals surface area contributed by atoms with Gasteiger partial charge in [-0.3, -0.25) is 4.79 Å². The fraction of sp³-hybridized carbons (Fsp3) is 0.562. The number of amides is 1. The topological polar surface area (TPSA) is 58.6 Å². The second-order valence-electron chi connectivity index (χ2n) is 5.60. The summed E-state index contributed by atoms with van der Waals surface area (Å²) in [6.07, 6.45) is -0.260. The van der Waals surface area contributed by atoms with E-state index in [0.717, 1.165) is 5.56 Å². The third-order valence-electron chi connectivity index (χ3n) is 2.82. The number of carbonyl (C=O) groups is 1.